The number of benzene rings is 2. The van der Waals surface area contributed by atoms with Gasteiger partial charge in [-0.25, -0.2) is 9.29 Å². The molecule has 0 bridgehead atoms. The molecule has 1 heterocycles. The highest BCUT2D eigenvalue weighted by Gasteiger charge is 2.40. The van der Waals surface area contributed by atoms with E-state index in [4.69, 9.17) is 5.73 Å². The van der Waals surface area contributed by atoms with Crippen molar-refractivity contribution in [3.8, 4) is 0 Å². The van der Waals surface area contributed by atoms with Crippen molar-refractivity contribution in [2.75, 3.05) is 10.6 Å². The molecule has 112 valence electrons. The van der Waals surface area contributed by atoms with Gasteiger partial charge in [0.1, 0.15) is 5.82 Å². The number of carbonyl (C=O) groups is 2. The van der Waals surface area contributed by atoms with Crippen LogP contribution in [0.15, 0.2) is 53.4 Å². The van der Waals surface area contributed by atoms with Crippen LogP contribution in [-0.2, 0) is 9.59 Å². The Hall–Kier alpha value is -2.34. The third-order valence-corrected chi connectivity index (χ3v) is 4.55. The molecule has 0 radical (unpaired) electrons. The van der Waals surface area contributed by atoms with Crippen molar-refractivity contribution in [3.05, 3.63) is 54.3 Å². The van der Waals surface area contributed by atoms with Crippen molar-refractivity contribution >= 4 is 35.0 Å². The quantitative estimate of drug-likeness (QED) is 0.698. The van der Waals surface area contributed by atoms with Crippen molar-refractivity contribution in [1.82, 2.24) is 0 Å². The van der Waals surface area contributed by atoms with Crippen molar-refractivity contribution < 1.29 is 14.0 Å². The largest absolute Gasteiger partial charge is 0.399 e. The minimum absolute atomic E-state index is 0.130. The van der Waals surface area contributed by atoms with E-state index in [0.717, 1.165) is 9.80 Å². The predicted molar refractivity (Wildman–Crippen MR) is 84.0 cm³/mol. The number of hydrogen-bond donors (Lipinski definition) is 1. The number of nitrogens with two attached hydrogens (primary N) is 1. The van der Waals surface area contributed by atoms with Gasteiger partial charge in [0.25, 0.3) is 0 Å². The summed E-state index contributed by atoms with van der Waals surface area (Å²) in [6.45, 7) is 0. The van der Waals surface area contributed by atoms with Gasteiger partial charge in [0.2, 0.25) is 11.8 Å². The first-order chi connectivity index (χ1) is 10.5. The zero-order chi connectivity index (χ0) is 15.7. The SMILES string of the molecule is Nc1ccc(SC2CC(=O)N(c3ccc(F)cc3)C2=O)cc1. The molecule has 2 amide bonds. The van der Waals surface area contributed by atoms with E-state index in [1.54, 1.807) is 12.1 Å². The molecule has 0 saturated carbocycles. The molecule has 1 saturated heterocycles. The van der Waals surface area contributed by atoms with Crippen LogP contribution in [0.25, 0.3) is 0 Å². The molecule has 2 N–H and O–H groups in total. The van der Waals surface area contributed by atoms with Crippen LogP contribution < -0.4 is 10.6 Å². The fourth-order valence-corrected chi connectivity index (χ4v) is 3.32. The maximum Gasteiger partial charge on any atom is 0.247 e. The summed E-state index contributed by atoms with van der Waals surface area (Å²) < 4.78 is 13.0. The molecule has 6 heteroatoms. The average molecular weight is 316 g/mol. The van der Waals surface area contributed by atoms with Crippen LogP contribution in [0.3, 0.4) is 0 Å². The Morgan fingerprint density at radius 1 is 1.05 bits per heavy atom. The van der Waals surface area contributed by atoms with Crippen LogP contribution in [0.5, 0.6) is 0 Å². The summed E-state index contributed by atoms with van der Waals surface area (Å²) in [6, 6.07) is 12.5. The fraction of sp³-hybridized carbons (Fsp3) is 0.125. The van der Waals surface area contributed by atoms with Gasteiger partial charge in [0, 0.05) is 17.0 Å². The first-order valence-corrected chi connectivity index (χ1v) is 7.57. The van der Waals surface area contributed by atoms with E-state index in [2.05, 4.69) is 0 Å². The van der Waals surface area contributed by atoms with Gasteiger partial charge in [-0.2, -0.15) is 0 Å². The van der Waals surface area contributed by atoms with E-state index in [0.29, 0.717) is 11.4 Å². The lowest BCUT2D eigenvalue weighted by Crippen LogP contribution is -2.31. The van der Waals surface area contributed by atoms with Gasteiger partial charge in [-0.15, -0.1) is 11.8 Å². The van der Waals surface area contributed by atoms with Crippen LogP contribution in [0.4, 0.5) is 15.8 Å². The number of nitrogen functional groups attached to an aromatic ring is 1. The Kier molecular flexibility index (Phi) is 3.85. The third kappa shape index (κ3) is 2.82. The summed E-state index contributed by atoms with van der Waals surface area (Å²) in [5.41, 5.74) is 6.67. The molecule has 22 heavy (non-hydrogen) atoms. The van der Waals surface area contributed by atoms with Crippen molar-refractivity contribution in [2.24, 2.45) is 0 Å². The van der Waals surface area contributed by atoms with Gasteiger partial charge in [-0.1, -0.05) is 0 Å². The number of rotatable bonds is 3. The van der Waals surface area contributed by atoms with E-state index in [-0.39, 0.29) is 18.2 Å². The highest BCUT2D eigenvalue weighted by Crippen LogP contribution is 2.34. The summed E-state index contributed by atoms with van der Waals surface area (Å²) in [6.07, 6.45) is 0.130. The molecule has 1 aliphatic heterocycles. The molecule has 1 atom stereocenters. The lowest BCUT2D eigenvalue weighted by molar-refractivity contribution is -0.121. The molecular formula is C16H13FN2O2S. The number of nitrogens with zero attached hydrogens (tertiary/aromatic N) is 1. The zero-order valence-electron chi connectivity index (χ0n) is 11.5. The fourth-order valence-electron chi connectivity index (χ4n) is 2.27. The Balaban J connectivity index is 1.79. The van der Waals surface area contributed by atoms with E-state index >= 15 is 0 Å². The molecule has 0 aromatic heterocycles. The maximum atomic E-state index is 13.0. The monoisotopic (exact) mass is 316 g/mol. The summed E-state index contributed by atoms with van der Waals surface area (Å²) in [5, 5.41) is -0.471. The summed E-state index contributed by atoms with van der Waals surface area (Å²) in [4.78, 5) is 26.5. The highest BCUT2D eigenvalue weighted by atomic mass is 32.2. The lowest BCUT2D eigenvalue weighted by atomic mass is 10.3. The Morgan fingerprint density at radius 2 is 1.68 bits per heavy atom. The maximum absolute atomic E-state index is 13.0. The van der Waals surface area contributed by atoms with Crippen LogP contribution >= 0.6 is 11.8 Å². The van der Waals surface area contributed by atoms with E-state index < -0.39 is 11.1 Å². The number of thioether (sulfide) groups is 1. The van der Waals surface area contributed by atoms with Gasteiger partial charge < -0.3 is 5.73 Å². The third-order valence-electron chi connectivity index (χ3n) is 3.35. The van der Waals surface area contributed by atoms with Gasteiger partial charge >= 0.3 is 0 Å². The first-order valence-electron chi connectivity index (χ1n) is 6.69. The number of carbonyl (C=O) groups excluding carboxylic acids is 2. The molecule has 0 aliphatic carbocycles. The topological polar surface area (TPSA) is 63.4 Å². The number of amides is 2. The predicted octanol–water partition coefficient (Wildman–Crippen LogP) is 2.83. The molecule has 2 aromatic carbocycles. The summed E-state index contributed by atoms with van der Waals surface area (Å²) in [5.74, 6) is -0.960. The van der Waals surface area contributed by atoms with E-state index in [1.165, 1.54) is 36.0 Å². The second-order valence-electron chi connectivity index (χ2n) is 4.92. The van der Waals surface area contributed by atoms with Crippen LogP contribution in [0, 0.1) is 5.82 Å². The molecular weight excluding hydrogens is 303 g/mol. The molecule has 2 aromatic rings. The van der Waals surface area contributed by atoms with Crippen molar-refractivity contribution in [3.63, 3.8) is 0 Å². The van der Waals surface area contributed by atoms with Gasteiger partial charge in [0.15, 0.2) is 0 Å². The second-order valence-corrected chi connectivity index (χ2v) is 6.20. The zero-order valence-corrected chi connectivity index (χ0v) is 12.3. The first kappa shape index (κ1) is 14.6. The Bertz CT molecular complexity index is 716. The van der Waals surface area contributed by atoms with Gasteiger partial charge in [0.05, 0.1) is 10.9 Å². The Morgan fingerprint density at radius 3 is 2.32 bits per heavy atom. The number of anilines is 2. The number of hydrogen-bond acceptors (Lipinski definition) is 4. The van der Waals surface area contributed by atoms with E-state index in [9.17, 15) is 14.0 Å². The average Bonchev–Trinajstić information content (AvgIpc) is 2.77. The van der Waals surface area contributed by atoms with Crippen LogP contribution in [-0.4, -0.2) is 17.1 Å². The van der Waals surface area contributed by atoms with Crippen LogP contribution in [0.2, 0.25) is 0 Å². The molecule has 1 aliphatic rings. The van der Waals surface area contributed by atoms with Crippen molar-refractivity contribution in [1.29, 1.82) is 0 Å². The molecule has 0 spiro atoms. The summed E-state index contributed by atoms with van der Waals surface area (Å²) >= 11 is 1.33. The van der Waals surface area contributed by atoms with Gasteiger partial charge in [-0.05, 0) is 48.5 Å². The molecule has 3 rings (SSSR count). The van der Waals surface area contributed by atoms with Crippen molar-refractivity contribution in [2.45, 2.75) is 16.6 Å². The molecule has 4 nitrogen and oxygen atoms in total. The molecule has 1 unspecified atom stereocenters. The summed E-state index contributed by atoms with van der Waals surface area (Å²) in [7, 11) is 0. The Labute approximate surface area is 131 Å². The van der Waals surface area contributed by atoms with Crippen LogP contribution in [0.1, 0.15) is 6.42 Å². The van der Waals surface area contributed by atoms with E-state index in [1.807, 2.05) is 12.1 Å². The molecule has 1 fully saturated rings. The standard InChI is InChI=1S/C16H13FN2O2S/c17-10-1-5-12(6-2-10)19-15(20)9-14(16(19)21)22-13-7-3-11(18)4-8-13/h1-8,14H,9,18H2. The smallest absolute Gasteiger partial charge is 0.247 e. The minimum Gasteiger partial charge on any atom is -0.399 e. The lowest BCUT2D eigenvalue weighted by Gasteiger charge is -2.14. The minimum atomic E-state index is -0.471. The highest BCUT2D eigenvalue weighted by molar-refractivity contribution is 8.00. The number of halogens is 1. The van der Waals surface area contributed by atoms with Gasteiger partial charge in [-0.3, -0.25) is 9.59 Å². The number of imide groups is 1. The normalized spacial score (nSPS) is 18.0. The second kappa shape index (κ2) is 5.81.